The minimum absolute atomic E-state index is 0.130. The summed E-state index contributed by atoms with van der Waals surface area (Å²) in [6.07, 6.45) is 4.54. The van der Waals surface area contributed by atoms with Crippen LogP contribution in [0, 0.1) is 22.7 Å². The second kappa shape index (κ2) is 10.5. The van der Waals surface area contributed by atoms with E-state index in [0.29, 0.717) is 45.5 Å². The lowest BCUT2D eigenvalue weighted by atomic mass is 10.1. The molecule has 3 aliphatic rings. The maximum atomic E-state index is 11.8. The highest BCUT2D eigenvalue weighted by atomic mass is 35.5. The van der Waals surface area contributed by atoms with Crippen LogP contribution in [0.3, 0.4) is 0 Å². The Kier molecular flexibility index (Phi) is 6.82. The Labute approximate surface area is 237 Å². The van der Waals surface area contributed by atoms with Crippen molar-refractivity contribution >= 4 is 46.4 Å². The molecule has 2 saturated heterocycles. The average molecular weight is 560 g/mol. The molecule has 40 heavy (non-hydrogen) atoms. The number of nitrogens with zero attached hydrogens (tertiary/aromatic N) is 9. The van der Waals surface area contributed by atoms with Crippen molar-refractivity contribution in [2.75, 3.05) is 48.3 Å². The van der Waals surface area contributed by atoms with Crippen molar-refractivity contribution in [3.63, 3.8) is 0 Å². The Bertz CT molecular complexity index is 1550. The molecule has 1 amide bonds. The molecule has 206 valence electrons. The largest absolute Gasteiger partial charge is 0.365 e. The van der Waals surface area contributed by atoms with Crippen LogP contribution in [0.4, 0.5) is 23.3 Å². The minimum atomic E-state index is 0.130. The van der Waals surface area contributed by atoms with Crippen molar-refractivity contribution in [3.05, 3.63) is 34.5 Å². The molecule has 1 aliphatic carbocycles. The molecule has 0 unspecified atom stereocenters. The molecule has 2 N–H and O–H groups in total. The molecule has 2 aliphatic heterocycles. The summed E-state index contributed by atoms with van der Waals surface area (Å²) < 4.78 is 1.53. The van der Waals surface area contributed by atoms with Gasteiger partial charge in [-0.15, -0.1) is 0 Å². The third-order valence-electron chi connectivity index (χ3n) is 7.92. The summed E-state index contributed by atoms with van der Waals surface area (Å²) in [7, 11) is 0. The van der Waals surface area contributed by atoms with Gasteiger partial charge in [-0.05, 0) is 38.3 Å². The zero-order valence-electron chi connectivity index (χ0n) is 22.4. The van der Waals surface area contributed by atoms with Gasteiger partial charge < -0.3 is 20.4 Å². The number of anilines is 4. The number of likely N-dealkylation sites (tertiary alicyclic amines) is 1. The molecule has 6 rings (SSSR count). The molecule has 1 aromatic carbocycles. The molecular formula is C27H30ClN11O. The van der Waals surface area contributed by atoms with Crippen LogP contribution in [-0.2, 0) is 4.79 Å². The van der Waals surface area contributed by atoms with Crippen LogP contribution in [0.5, 0.6) is 0 Å². The van der Waals surface area contributed by atoms with E-state index in [2.05, 4.69) is 54.6 Å². The number of amides is 1. The molecule has 0 bridgehead atoms. The Morgan fingerprint density at radius 1 is 1.10 bits per heavy atom. The summed E-state index contributed by atoms with van der Waals surface area (Å²) in [6.45, 7) is 7.77. The van der Waals surface area contributed by atoms with Gasteiger partial charge in [0.05, 0.1) is 34.2 Å². The van der Waals surface area contributed by atoms with Crippen molar-refractivity contribution in [2.45, 2.75) is 51.2 Å². The van der Waals surface area contributed by atoms with Gasteiger partial charge in [0.15, 0.2) is 5.65 Å². The van der Waals surface area contributed by atoms with Crippen molar-refractivity contribution in [3.8, 4) is 12.1 Å². The number of rotatable bonds is 6. The average Bonchev–Trinajstić information content (AvgIpc) is 3.44. The number of piperazine rings is 1. The second-order valence-corrected chi connectivity index (χ2v) is 11.1. The number of hydrogen-bond donors (Lipinski definition) is 2. The maximum absolute atomic E-state index is 11.8. The predicted molar refractivity (Wildman–Crippen MR) is 151 cm³/mol. The zero-order valence-corrected chi connectivity index (χ0v) is 23.2. The first-order valence-electron chi connectivity index (χ1n) is 13.5. The second-order valence-electron chi connectivity index (χ2n) is 10.7. The van der Waals surface area contributed by atoms with E-state index < -0.39 is 0 Å². The third-order valence-corrected chi connectivity index (χ3v) is 8.32. The Morgan fingerprint density at radius 2 is 1.93 bits per heavy atom. The number of halogens is 1. The van der Waals surface area contributed by atoms with Gasteiger partial charge in [0, 0.05) is 57.8 Å². The lowest BCUT2D eigenvalue weighted by Crippen LogP contribution is -2.55. The highest BCUT2D eigenvalue weighted by Crippen LogP contribution is 2.38. The van der Waals surface area contributed by atoms with E-state index in [9.17, 15) is 15.3 Å². The normalized spacial score (nSPS) is 21.3. The molecule has 2 aromatic heterocycles. The molecule has 2 atom stereocenters. The van der Waals surface area contributed by atoms with Crippen LogP contribution in [-0.4, -0.2) is 86.1 Å². The summed E-state index contributed by atoms with van der Waals surface area (Å²) in [5.41, 5.74) is 2.46. The maximum Gasteiger partial charge on any atom is 0.232 e. The number of nitrogens with one attached hydrogen (secondary N) is 2. The van der Waals surface area contributed by atoms with Crippen LogP contribution in [0.15, 0.2) is 18.3 Å². The number of hydrogen-bond acceptors (Lipinski definition) is 10. The Morgan fingerprint density at radius 3 is 2.60 bits per heavy atom. The summed E-state index contributed by atoms with van der Waals surface area (Å²) in [5.74, 6) is 0.874. The number of carbonyl (C=O) groups is 1. The number of aromatic nitrogens is 4. The smallest absolute Gasteiger partial charge is 0.232 e. The Hall–Kier alpha value is -4.13. The summed E-state index contributed by atoms with van der Waals surface area (Å²) in [5, 5.41) is 30.7. The first-order valence-corrected chi connectivity index (χ1v) is 13.9. The van der Waals surface area contributed by atoms with Gasteiger partial charge in [-0.3, -0.25) is 9.69 Å². The van der Waals surface area contributed by atoms with E-state index in [1.807, 2.05) is 11.0 Å². The van der Waals surface area contributed by atoms with Crippen LogP contribution in [0.2, 0.25) is 5.02 Å². The molecule has 3 fully saturated rings. The highest BCUT2D eigenvalue weighted by Gasteiger charge is 2.34. The van der Waals surface area contributed by atoms with E-state index in [-0.39, 0.29) is 17.9 Å². The topological polar surface area (TPSA) is 142 Å². The van der Waals surface area contributed by atoms with Crippen LogP contribution >= 0.6 is 11.6 Å². The molecule has 1 saturated carbocycles. The first kappa shape index (κ1) is 26.1. The van der Waals surface area contributed by atoms with E-state index in [0.717, 1.165) is 57.7 Å². The van der Waals surface area contributed by atoms with Crippen molar-refractivity contribution < 1.29 is 4.79 Å². The predicted octanol–water partition coefficient (Wildman–Crippen LogP) is 2.97. The van der Waals surface area contributed by atoms with Crippen LogP contribution in [0.1, 0.15) is 44.2 Å². The first-order chi connectivity index (χ1) is 19.3. The van der Waals surface area contributed by atoms with Crippen LogP contribution in [0.25, 0.3) is 5.65 Å². The van der Waals surface area contributed by atoms with Gasteiger partial charge in [-0.1, -0.05) is 11.6 Å². The molecule has 0 radical (unpaired) electrons. The summed E-state index contributed by atoms with van der Waals surface area (Å²) >= 11 is 6.98. The van der Waals surface area contributed by atoms with Crippen molar-refractivity contribution in [1.82, 2.24) is 29.4 Å². The van der Waals surface area contributed by atoms with Gasteiger partial charge in [-0.25, -0.2) is 0 Å². The number of fused-ring (bicyclic) bond motifs is 1. The lowest BCUT2D eigenvalue weighted by Gasteiger charge is -2.44. The third kappa shape index (κ3) is 4.96. The molecule has 12 nitrogen and oxygen atoms in total. The fourth-order valence-corrected chi connectivity index (χ4v) is 5.88. The molecule has 3 aromatic rings. The molecule has 13 heteroatoms. The molecule has 0 spiro atoms. The zero-order chi connectivity index (χ0) is 28.0. The van der Waals surface area contributed by atoms with Crippen LogP contribution < -0.4 is 15.5 Å². The van der Waals surface area contributed by atoms with E-state index in [1.54, 1.807) is 13.0 Å². The monoisotopic (exact) mass is 559 g/mol. The van der Waals surface area contributed by atoms with Crippen molar-refractivity contribution in [2.24, 2.45) is 0 Å². The van der Waals surface area contributed by atoms with Gasteiger partial charge in [-0.2, -0.15) is 30.1 Å². The van der Waals surface area contributed by atoms with E-state index in [1.165, 1.54) is 10.7 Å². The number of benzene rings is 1. The van der Waals surface area contributed by atoms with Gasteiger partial charge >= 0.3 is 0 Å². The highest BCUT2D eigenvalue weighted by molar-refractivity contribution is 6.36. The van der Waals surface area contributed by atoms with E-state index in [4.69, 9.17) is 11.6 Å². The Balaban J connectivity index is 1.27. The molecule has 4 heterocycles. The summed E-state index contributed by atoms with van der Waals surface area (Å²) in [6, 6.07) is 8.70. The molecular weight excluding hydrogens is 530 g/mol. The fourth-order valence-electron chi connectivity index (χ4n) is 5.61. The van der Waals surface area contributed by atoms with Gasteiger partial charge in [0.25, 0.3) is 0 Å². The van der Waals surface area contributed by atoms with Gasteiger partial charge in [0.2, 0.25) is 17.8 Å². The van der Waals surface area contributed by atoms with Crippen molar-refractivity contribution in [1.29, 1.82) is 10.5 Å². The summed E-state index contributed by atoms with van der Waals surface area (Å²) in [4.78, 5) is 27.6. The standard InChI is InChI=1S/C27H30ClN11O/c1-16-14-37(21-5-6-36(15-21)17(2)40)7-8-38(16)23-10-18(11-29)9-22(24(23)28)33-26-34-25-19(12-30)13-31-39(25)27(35-26)32-20-3-4-20/h9-10,13,16,20-21H,3-8,14-15H2,1-2H3,(H2,32,33,34,35)/t16-,21+/m0/s1. The van der Waals surface area contributed by atoms with Gasteiger partial charge in [0.1, 0.15) is 11.6 Å². The lowest BCUT2D eigenvalue weighted by molar-refractivity contribution is -0.128. The number of carbonyl (C=O) groups excluding carboxylic acids is 1. The quantitative estimate of drug-likeness (QED) is 0.463. The fraction of sp³-hybridized carbons (Fsp3) is 0.481. The minimum Gasteiger partial charge on any atom is -0.365 e. The SMILES string of the molecule is CC(=O)N1CC[C@@H](N2CCN(c3cc(C#N)cc(Nc4nc(NC5CC5)n5ncc(C#N)c5n4)c3Cl)[C@@H](C)C2)C1. The van der Waals surface area contributed by atoms with E-state index >= 15 is 0 Å². The number of nitriles is 2.